The molecule has 0 aliphatic carbocycles. The molecule has 2 aromatic heterocycles. The smallest absolute Gasteiger partial charge is 0.241 e. The third-order valence-electron chi connectivity index (χ3n) is 1.46. The van der Waals surface area contributed by atoms with Crippen molar-refractivity contribution < 1.29 is 0 Å². The SMILES string of the molecule is Nc1nnc(-c2cccs2)n1N. The molecule has 0 radical (unpaired) electrons. The van der Waals surface area contributed by atoms with Gasteiger partial charge < -0.3 is 11.6 Å². The molecule has 0 aliphatic heterocycles. The molecule has 0 aromatic carbocycles. The Bertz CT molecular complexity index is 377. The quantitative estimate of drug-likeness (QED) is 0.620. The number of thiophene rings is 1. The van der Waals surface area contributed by atoms with Gasteiger partial charge in [0.25, 0.3) is 0 Å². The van der Waals surface area contributed by atoms with E-state index in [2.05, 4.69) is 10.2 Å². The Morgan fingerprint density at radius 1 is 1.42 bits per heavy atom. The Morgan fingerprint density at radius 2 is 2.25 bits per heavy atom. The van der Waals surface area contributed by atoms with Crippen LogP contribution in [0.5, 0.6) is 0 Å². The van der Waals surface area contributed by atoms with Gasteiger partial charge in [0.2, 0.25) is 5.95 Å². The van der Waals surface area contributed by atoms with E-state index in [0.29, 0.717) is 5.82 Å². The highest BCUT2D eigenvalue weighted by atomic mass is 32.1. The van der Waals surface area contributed by atoms with Crippen molar-refractivity contribution in [1.82, 2.24) is 14.9 Å². The number of rotatable bonds is 1. The minimum atomic E-state index is 0.221. The normalized spacial score (nSPS) is 10.3. The molecule has 0 atom stereocenters. The second kappa shape index (κ2) is 2.49. The minimum absolute atomic E-state index is 0.221. The largest absolute Gasteiger partial charge is 0.366 e. The van der Waals surface area contributed by atoms with E-state index in [9.17, 15) is 0 Å². The van der Waals surface area contributed by atoms with Gasteiger partial charge in [0, 0.05) is 0 Å². The Kier molecular flexibility index (Phi) is 1.47. The van der Waals surface area contributed by atoms with Gasteiger partial charge in [-0.15, -0.1) is 21.5 Å². The molecule has 0 saturated heterocycles. The van der Waals surface area contributed by atoms with Crippen molar-refractivity contribution in [2.75, 3.05) is 11.6 Å². The molecule has 0 amide bonds. The average molecular weight is 181 g/mol. The summed E-state index contributed by atoms with van der Waals surface area (Å²) >= 11 is 1.54. The van der Waals surface area contributed by atoms with Crippen LogP contribution in [0.2, 0.25) is 0 Å². The number of aromatic nitrogens is 3. The molecule has 0 fully saturated rings. The van der Waals surface area contributed by atoms with E-state index in [1.54, 1.807) is 11.3 Å². The predicted octanol–water partition coefficient (Wildman–Crippen LogP) is 0.303. The Labute approximate surface area is 72.6 Å². The van der Waals surface area contributed by atoms with Crippen molar-refractivity contribution in [2.45, 2.75) is 0 Å². The number of anilines is 1. The monoisotopic (exact) mass is 181 g/mol. The molecule has 6 heteroatoms. The highest BCUT2D eigenvalue weighted by Gasteiger charge is 2.08. The second-order valence-corrected chi connectivity index (χ2v) is 3.18. The van der Waals surface area contributed by atoms with E-state index in [0.717, 1.165) is 4.88 Å². The lowest BCUT2D eigenvalue weighted by Gasteiger charge is -1.96. The topological polar surface area (TPSA) is 82.8 Å². The van der Waals surface area contributed by atoms with Crippen molar-refractivity contribution in [3.8, 4) is 10.7 Å². The molecule has 12 heavy (non-hydrogen) atoms. The number of hydrogen-bond acceptors (Lipinski definition) is 5. The molecule has 0 unspecified atom stereocenters. The highest BCUT2D eigenvalue weighted by Crippen LogP contribution is 2.21. The minimum Gasteiger partial charge on any atom is -0.366 e. The molecule has 0 bridgehead atoms. The van der Waals surface area contributed by atoms with Gasteiger partial charge in [-0.3, -0.25) is 0 Å². The van der Waals surface area contributed by atoms with Crippen molar-refractivity contribution in [3.63, 3.8) is 0 Å². The lowest BCUT2D eigenvalue weighted by Crippen LogP contribution is -2.12. The van der Waals surface area contributed by atoms with E-state index in [4.69, 9.17) is 11.6 Å². The first-order valence-corrected chi connectivity index (χ1v) is 4.17. The van der Waals surface area contributed by atoms with Crippen molar-refractivity contribution >= 4 is 17.3 Å². The molecule has 0 saturated carbocycles. The number of nitrogens with zero attached hydrogens (tertiary/aromatic N) is 3. The van der Waals surface area contributed by atoms with Crippen LogP contribution in [0.4, 0.5) is 5.95 Å². The van der Waals surface area contributed by atoms with Gasteiger partial charge in [0.1, 0.15) is 0 Å². The van der Waals surface area contributed by atoms with Crippen molar-refractivity contribution in [2.24, 2.45) is 0 Å². The highest BCUT2D eigenvalue weighted by molar-refractivity contribution is 7.13. The van der Waals surface area contributed by atoms with Crippen LogP contribution >= 0.6 is 11.3 Å². The van der Waals surface area contributed by atoms with Crippen LogP contribution in [-0.2, 0) is 0 Å². The molecule has 4 N–H and O–H groups in total. The summed E-state index contributed by atoms with van der Waals surface area (Å²) in [7, 11) is 0. The standard InChI is InChI=1S/C6H7N5S/c7-6-10-9-5(11(6)8)4-2-1-3-12-4/h1-3H,8H2,(H2,7,10). The molecule has 5 nitrogen and oxygen atoms in total. The Balaban J connectivity index is 2.55. The predicted molar refractivity (Wildman–Crippen MR) is 47.9 cm³/mol. The first-order chi connectivity index (χ1) is 5.79. The third-order valence-corrected chi connectivity index (χ3v) is 2.33. The number of nitrogen functional groups attached to an aromatic ring is 2. The van der Waals surface area contributed by atoms with E-state index in [1.807, 2.05) is 17.5 Å². The second-order valence-electron chi connectivity index (χ2n) is 2.23. The Morgan fingerprint density at radius 3 is 2.75 bits per heavy atom. The summed E-state index contributed by atoms with van der Waals surface area (Å²) in [4.78, 5) is 0.960. The fourth-order valence-electron chi connectivity index (χ4n) is 0.877. The zero-order valence-electron chi connectivity index (χ0n) is 6.14. The molecular formula is C6H7N5S. The maximum absolute atomic E-state index is 5.57. The molecule has 0 spiro atoms. The van der Waals surface area contributed by atoms with Gasteiger partial charge in [-0.25, -0.2) is 4.68 Å². The summed E-state index contributed by atoms with van der Waals surface area (Å²) in [6.07, 6.45) is 0. The molecule has 2 heterocycles. The van der Waals surface area contributed by atoms with Crippen molar-refractivity contribution in [3.05, 3.63) is 17.5 Å². The molecule has 0 aliphatic rings. The molecular weight excluding hydrogens is 174 g/mol. The summed E-state index contributed by atoms with van der Waals surface area (Å²) < 4.78 is 1.27. The first-order valence-electron chi connectivity index (χ1n) is 3.29. The van der Waals surface area contributed by atoms with Crippen LogP contribution in [-0.4, -0.2) is 14.9 Å². The lowest BCUT2D eigenvalue weighted by molar-refractivity contribution is 1.03. The maximum Gasteiger partial charge on any atom is 0.241 e. The fourth-order valence-corrected chi connectivity index (χ4v) is 1.58. The van der Waals surface area contributed by atoms with Gasteiger partial charge in [0.15, 0.2) is 5.82 Å². The number of hydrogen-bond donors (Lipinski definition) is 2. The van der Waals surface area contributed by atoms with Gasteiger partial charge in [-0.2, -0.15) is 0 Å². The molecule has 62 valence electrons. The summed E-state index contributed by atoms with van der Waals surface area (Å²) in [5.74, 6) is 6.39. The zero-order valence-corrected chi connectivity index (χ0v) is 6.95. The zero-order chi connectivity index (χ0) is 8.55. The first kappa shape index (κ1) is 7.11. The van der Waals surface area contributed by atoms with Crippen LogP contribution in [0, 0.1) is 0 Å². The lowest BCUT2D eigenvalue weighted by atomic mass is 10.4. The van der Waals surface area contributed by atoms with E-state index < -0.39 is 0 Å². The van der Waals surface area contributed by atoms with Gasteiger partial charge in [-0.05, 0) is 11.4 Å². The van der Waals surface area contributed by atoms with E-state index in [-0.39, 0.29) is 5.95 Å². The van der Waals surface area contributed by atoms with Crippen molar-refractivity contribution in [1.29, 1.82) is 0 Å². The summed E-state index contributed by atoms with van der Waals surface area (Å²) in [5.41, 5.74) is 5.42. The summed E-state index contributed by atoms with van der Waals surface area (Å²) in [6, 6.07) is 3.84. The summed E-state index contributed by atoms with van der Waals surface area (Å²) in [6.45, 7) is 0. The van der Waals surface area contributed by atoms with Gasteiger partial charge in [0.05, 0.1) is 4.88 Å². The summed E-state index contributed by atoms with van der Waals surface area (Å²) in [5, 5.41) is 9.42. The maximum atomic E-state index is 5.57. The van der Waals surface area contributed by atoms with Crippen LogP contribution in [0.1, 0.15) is 0 Å². The van der Waals surface area contributed by atoms with Gasteiger partial charge >= 0.3 is 0 Å². The average Bonchev–Trinajstić information content (AvgIpc) is 2.64. The van der Waals surface area contributed by atoms with Gasteiger partial charge in [-0.1, -0.05) is 6.07 Å². The van der Waals surface area contributed by atoms with E-state index in [1.165, 1.54) is 4.68 Å². The van der Waals surface area contributed by atoms with E-state index >= 15 is 0 Å². The fraction of sp³-hybridized carbons (Fsp3) is 0. The Hall–Kier alpha value is -1.56. The van der Waals surface area contributed by atoms with Crippen LogP contribution in [0.25, 0.3) is 10.7 Å². The number of nitrogens with two attached hydrogens (primary N) is 2. The van der Waals surface area contributed by atoms with Crippen LogP contribution < -0.4 is 11.6 Å². The molecule has 2 aromatic rings. The van der Waals surface area contributed by atoms with Crippen LogP contribution in [0.3, 0.4) is 0 Å². The third kappa shape index (κ3) is 0.928. The van der Waals surface area contributed by atoms with Crippen LogP contribution in [0.15, 0.2) is 17.5 Å². The molecule has 2 rings (SSSR count).